The molecule has 0 bridgehead atoms. The zero-order chi connectivity index (χ0) is 10.0. The van der Waals surface area contributed by atoms with Crippen LogP contribution in [0.1, 0.15) is 11.1 Å². The SMILES string of the molecule is Cc1ccc(C)c(OC(F)F)c1F. The lowest BCUT2D eigenvalue weighted by Gasteiger charge is -2.09. The Balaban J connectivity index is 3.10. The van der Waals surface area contributed by atoms with Gasteiger partial charge in [0.25, 0.3) is 0 Å². The summed E-state index contributed by atoms with van der Waals surface area (Å²) in [6.07, 6.45) is 0. The van der Waals surface area contributed by atoms with Crippen molar-refractivity contribution in [2.24, 2.45) is 0 Å². The predicted molar refractivity (Wildman–Crippen MR) is 42.5 cm³/mol. The smallest absolute Gasteiger partial charge is 0.387 e. The van der Waals surface area contributed by atoms with Crippen LogP contribution in [0.2, 0.25) is 0 Å². The Kier molecular flexibility index (Phi) is 2.80. The minimum absolute atomic E-state index is 0.293. The monoisotopic (exact) mass is 190 g/mol. The van der Waals surface area contributed by atoms with Crippen molar-refractivity contribution in [3.63, 3.8) is 0 Å². The number of hydrogen-bond acceptors (Lipinski definition) is 1. The molecular formula is C9H9F3O. The Hall–Kier alpha value is -1.19. The molecule has 0 radical (unpaired) electrons. The molecule has 0 heterocycles. The molecule has 0 saturated heterocycles. The Morgan fingerprint density at radius 2 is 1.69 bits per heavy atom. The molecule has 0 atom stereocenters. The highest BCUT2D eigenvalue weighted by Gasteiger charge is 2.13. The summed E-state index contributed by atoms with van der Waals surface area (Å²) in [6, 6.07) is 3.05. The quantitative estimate of drug-likeness (QED) is 0.696. The van der Waals surface area contributed by atoms with E-state index >= 15 is 0 Å². The number of alkyl halides is 2. The average Bonchev–Trinajstić information content (AvgIpc) is 2.05. The molecule has 0 unspecified atom stereocenters. The van der Waals surface area contributed by atoms with Gasteiger partial charge in [-0.1, -0.05) is 12.1 Å². The third kappa shape index (κ3) is 2.14. The van der Waals surface area contributed by atoms with Crippen LogP contribution in [0.3, 0.4) is 0 Å². The van der Waals surface area contributed by atoms with E-state index in [9.17, 15) is 13.2 Å². The summed E-state index contributed by atoms with van der Waals surface area (Å²) in [5, 5.41) is 0. The van der Waals surface area contributed by atoms with Crippen LogP contribution in [0.25, 0.3) is 0 Å². The molecule has 72 valence electrons. The van der Waals surface area contributed by atoms with E-state index in [-0.39, 0.29) is 5.75 Å². The first kappa shape index (κ1) is 9.89. The number of rotatable bonds is 2. The van der Waals surface area contributed by atoms with Crippen LogP contribution in [0.15, 0.2) is 12.1 Å². The van der Waals surface area contributed by atoms with Crippen molar-refractivity contribution in [2.75, 3.05) is 0 Å². The Morgan fingerprint density at radius 3 is 2.23 bits per heavy atom. The maximum absolute atomic E-state index is 13.2. The molecule has 0 aromatic heterocycles. The summed E-state index contributed by atoms with van der Waals surface area (Å²) in [4.78, 5) is 0. The third-order valence-corrected chi connectivity index (χ3v) is 1.69. The highest BCUT2D eigenvalue weighted by Crippen LogP contribution is 2.26. The molecule has 0 saturated carbocycles. The molecule has 1 nitrogen and oxygen atoms in total. The van der Waals surface area contributed by atoms with E-state index in [1.165, 1.54) is 26.0 Å². The molecule has 1 aromatic rings. The second kappa shape index (κ2) is 3.68. The van der Waals surface area contributed by atoms with E-state index in [4.69, 9.17) is 0 Å². The van der Waals surface area contributed by atoms with Crippen molar-refractivity contribution in [1.29, 1.82) is 0 Å². The second-order valence-electron chi connectivity index (χ2n) is 2.72. The van der Waals surface area contributed by atoms with Crippen LogP contribution in [-0.2, 0) is 0 Å². The Bertz CT molecular complexity index is 310. The molecule has 1 rings (SSSR count). The van der Waals surface area contributed by atoms with Crippen molar-refractivity contribution in [1.82, 2.24) is 0 Å². The standard InChI is InChI=1S/C9H9F3O/c1-5-3-4-6(2)8(7(5)10)13-9(11)12/h3-4,9H,1-2H3. The van der Waals surface area contributed by atoms with Crippen molar-refractivity contribution >= 4 is 0 Å². The molecule has 0 amide bonds. The minimum atomic E-state index is -2.99. The lowest BCUT2D eigenvalue weighted by atomic mass is 10.1. The van der Waals surface area contributed by atoms with E-state index in [2.05, 4.69) is 4.74 Å². The maximum atomic E-state index is 13.2. The Morgan fingerprint density at radius 1 is 1.15 bits per heavy atom. The first-order chi connectivity index (χ1) is 6.02. The van der Waals surface area contributed by atoms with E-state index in [1.807, 2.05) is 0 Å². The fourth-order valence-corrected chi connectivity index (χ4v) is 0.985. The fourth-order valence-electron chi connectivity index (χ4n) is 0.985. The van der Waals surface area contributed by atoms with Gasteiger partial charge in [-0.2, -0.15) is 8.78 Å². The van der Waals surface area contributed by atoms with Gasteiger partial charge in [0.1, 0.15) is 0 Å². The van der Waals surface area contributed by atoms with Gasteiger partial charge in [0.2, 0.25) is 0 Å². The van der Waals surface area contributed by atoms with Gasteiger partial charge in [-0.3, -0.25) is 0 Å². The molecule has 0 fully saturated rings. The number of halogens is 3. The summed E-state index contributed by atoms with van der Waals surface area (Å²) in [7, 11) is 0. The van der Waals surface area contributed by atoms with Crippen LogP contribution in [0.5, 0.6) is 5.75 Å². The van der Waals surface area contributed by atoms with E-state index < -0.39 is 12.4 Å². The molecule has 0 aliphatic carbocycles. The normalized spacial score (nSPS) is 10.6. The van der Waals surface area contributed by atoms with E-state index in [1.54, 1.807) is 0 Å². The van der Waals surface area contributed by atoms with Crippen LogP contribution < -0.4 is 4.74 Å². The van der Waals surface area contributed by atoms with Gasteiger partial charge in [0.05, 0.1) is 0 Å². The summed E-state index contributed by atoms with van der Waals surface area (Å²) < 4.78 is 40.9. The van der Waals surface area contributed by atoms with Crippen molar-refractivity contribution < 1.29 is 17.9 Å². The highest BCUT2D eigenvalue weighted by atomic mass is 19.3. The zero-order valence-electron chi connectivity index (χ0n) is 7.27. The van der Waals surface area contributed by atoms with Crippen molar-refractivity contribution in [3.8, 4) is 5.75 Å². The van der Waals surface area contributed by atoms with Gasteiger partial charge in [0.15, 0.2) is 11.6 Å². The first-order valence-corrected chi connectivity index (χ1v) is 3.73. The highest BCUT2D eigenvalue weighted by molar-refractivity contribution is 5.37. The third-order valence-electron chi connectivity index (χ3n) is 1.69. The number of ether oxygens (including phenoxy) is 1. The lowest BCUT2D eigenvalue weighted by Crippen LogP contribution is -2.06. The molecule has 0 aliphatic heterocycles. The molecule has 0 aliphatic rings. The van der Waals surface area contributed by atoms with Crippen LogP contribution in [0, 0.1) is 19.7 Å². The van der Waals surface area contributed by atoms with Crippen molar-refractivity contribution in [2.45, 2.75) is 20.5 Å². The van der Waals surface area contributed by atoms with Gasteiger partial charge in [-0.15, -0.1) is 0 Å². The molecule has 0 spiro atoms. The summed E-state index contributed by atoms with van der Waals surface area (Å²) in [5.41, 5.74) is 0.657. The number of hydrogen-bond donors (Lipinski definition) is 0. The van der Waals surface area contributed by atoms with Gasteiger partial charge < -0.3 is 4.74 Å². The molecule has 0 N–H and O–H groups in total. The van der Waals surface area contributed by atoms with Gasteiger partial charge >= 0.3 is 6.61 Å². The summed E-state index contributed by atoms with van der Waals surface area (Å²) in [6.45, 7) is 0.0165. The molecular weight excluding hydrogens is 181 g/mol. The lowest BCUT2D eigenvalue weighted by molar-refractivity contribution is -0.0527. The summed E-state index contributed by atoms with van der Waals surface area (Å²) in [5.74, 6) is -1.09. The maximum Gasteiger partial charge on any atom is 0.387 e. The zero-order valence-corrected chi connectivity index (χ0v) is 7.27. The Labute approximate surface area is 74.1 Å². The topological polar surface area (TPSA) is 9.23 Å². The first-order valence-electron chi connectivity index (χ1n) is 3.73. The van der Waals surface area contributed by atoms with Crippen LogP contribution in [-0.4, -0.2) is 6.61 Å². The number of aryl methyl sites for hydroxylation is 2. The minimum Gasteiger partial charge on any atom is -0.431 e. The molecule has 1 aromatic carbocycles. The predicted octanol–water partition coefficient (Wildman–Crippen LogP) is 3.04. The largest absolute Gasteiger partial charge is 0.431 e. The van der Waals surface area contributed by atoms with Crippen molar-refractivity contribution in [3.05, 3.63) is 29.1 Å². The van der Waals surface area contributed by atoms with Crippen LogP contribution in [0.4, 0.5) is 13.2 Å². The average molecular weight is 190 g/mol. The second-order valence-corrected chi connectivity index (χ2v) is 2.72. The van der Waals surface area contributed by atoms with E-state index in [0.717, 1.165) is 0 Å². The van der Waals surface area contributed by atoms with E-state index in [0.29, 0.717) is 11.1 Å². The number of benzene rings is 1. The summed E-state index contributed by atoms with van der Waals surface area (Å²) >= 11 is 0. The fraction of sp³-hybridized carbons (Fsp3) is 0.333. The van der Waals surface area contributed by atoms with Gasteiger partial charge in [-0.25, -0.2) is 4.39 Å². The van der Waals surface area contributed by atoms with Gasteiger partial charge in [-0.05, 0) is 25.0 Å². The van der Waals surface area contributed by atoms with Crippen LogP contribution >= 0.6 is 0 Å². The van der Waals surface area contributed by atoms with Gasteiger partial charge in [0, 0.05) is 0 Å². The molecule has 13 heavy (non-hydrogen) atoms. The molecule has 4 heteroatoms.